The van der Waals surface area contributed by atoms with E-state index >= 15 is 0 Å². The summed E-state index contributed by atoms with van der Waals surface area (Å²) < 4.78 is 0. The molecule has 2 aliphatic carbocycles. The normalized spacial score (nSPS) is 29.6. The minimum Gasteiger partial charge on any atom is -0.303 e. The van der Waals surface area contributed by atoms with Gasteiger partial charge in [0.05, 0.1) is 5.69 Å². The van der Waals surface area contributed by atoms with Crippen LogP contribution < -0.4 is 16.2 Å². The fraction of sp³-hybridized carbons (Fsp3) is 0.643. The maximum absolute atomic E-state index is 12.7. The number of carbonyl (C=O) groups excluding carboxylic acids is 2. The van der Waals surface area contributed by atoms with E-state index in [-0.39, 0.29) is 29.1 Å². The summed E-state index contributed by atoms with van der Waals surface area (Å²) in [4.78, 5) is 25.3. The fourth-order valence-corrected chi connectivity index (χ4v) is 7.16. The Bertz CT molecular complexity index is 1000. The molecule has 3 fully saturated rings. The molecule has 0 bridgehead atoms. The van der Waals surface area contributed by atoms with Crippen LogP contribution >= 0.6 is 11.8 Å². The van der Waals surface area contributed by atoms with Crippen molar-refractivity contribution in [2.24, 2.45) is 32.8 Å². The summed E-state index contributed by atoms with van der Waals surface area (Å²) in [5.41, 5.74) is 1.90. The zero-order valence-electron chi connectivity index (χ0n) is 22.0. The Hall–Kier alpha value is -2.19. The van der Waals surface area contributed by atoms with Gasteiger partial charge in [0.1, 0.15) is 5.25 Å². The third-order valence-electron chi connectivity index (χ3n) is 8.84. The average Bonchev–Trinajstić information content (AvgIpc) is 3.02. The van der Waals surface area contributed by atoms with Gasteiger partial charge in [-0.25, -0.2) is 10.9 Å². The molecule has 1 aromatic carbocycles. The molecule has 1 saturated heterocycles. The maximum Gasteiger partial charge on any atom is 0.242 e. The Morgan fingerprint density at radius 1 is 1.06 bits per heavy atom. The second-order valence-electron chi connectivity index (χ2n) is 11.3. The maximum atomic E-state index is 12.7. The van der Waals surface area contributed by atoms with Crippen LogP contribution in [0.4, 0.5) is 5.69 Å². The fourth-order valence-electron chi connectivity index (χ4n) is 6.25. The SMILES string of the molecule is CC1(C)CCCCC(=NN=C2NC(=O)C(CC(=O)N(N)c3ccccc3)S2)C1(C)C1CCCCCC1. The van der Waals surface area contributed by atoms with E-state index in [0.29, 0.717) is 16.8 Å². The lowest BCUT2D eigenvalue weighted by Crippen LogP contribution is -2.47. The van der Waals surface area contributed by atoms with E-state index in [0.717, 1.165) is 17.9 Å². The molecule has 0 radical (unpaired) electrons. The summed E-state index contributed by atoms with van der Waals surface area (Å²) in [5.74, 6) is 6.07. The number of para-hydroxylation sites is 1. The van der Waals surface area contributed by atoms with E-state index in [9.17, 15) is 9.59 Å². The minimum absolute atomic E-state index is 0.00427. The highest BCUT2D eigenvalue weighted by atomic mass is 32.2. The lowest BCUT2D eigenvalue weighted by molar-refractivity contribution is -0.123. The van der Waals surface area contributed by atoms with Crippen LogP contribution in [-0.4, -0.2) is 27.9 Å². The zero-order chi connectivity index (χ0) is 25.8. The quantitative estimate of drug-likeness (QED) is 0.226. The van der Waals surface area contributed by atoms with Crippen molar-refractivity contribution in [3.8, 4) is 0 Å². The van der Waals surface area contributed by atoms with E-state index in [2.05, 4.69) is 31.2 Å². The van der Waals surface area contributed by atoms with E-state index in [1.54, 1.807) is 12.1 Å². The molecule has 3 N–H and O–H groups in total. The molecule has 1 aromatic rings. The average molecular weight is 512 g/mol. The summed E-state index contributed by atoms with van der Waals surface area (Å²) in [6.45, 7) is 7.24. The summed E-state index contributed by atoms with van der Waals surface area (Å²) in [7, 11) is 0. The predicted molar refractivity (Wildman–Crippen MR) is 149 cm³/mol. The Kier molecular flexibility index (Phi) is 8.56. The van der Waals surface area contributed by atoms with Gasteiger partial charge in [0.2, 0.25) is 11.8 Å². The summed E-state index contributed by atoms with van der Waals surface area (Å²) in [6, 6.07) is 9.04. The van der Waals surface area contributed by atoms with Gasteiger partial charge >= 0.3 is 0 Å². The first-order valence-electron chi connectivity index (χ1n) is 13.5. The molecule has 3 aliphatic rings. The molecule has 1 heterocycles. The lowest BCUT2D eigenvalue weighted by Gasteiger charge is -2.49. The van der Waals surface area contributed by atoms with Gasteiger partial charge in [-0.2, -0.15) is 5.10 Å². The van der Waals surface area contributed by atoms with Crippen LogP contribution in [0.3, 0.4) is 0 Å². The van der Waals surface area contributed by atoms with Crippen LogP contribution in [-0.2, 0) is 9.59 Å². The van der Waals surface area contributed by atoms with Crippen molar-refractivity contribution in [1.29, 1.82) is 0 Å². The standard InChI is InChI=1S/C28H41N5O2S/c1-27(2)18-12-11-17-23(28(27,3)20-13-7-4-5-8-14-20)31-32-26-30-25(35)22(36-26)19-24(34)33(29)21-15-9-6-10-16-21/h6,9-10,15-16,20,22H,4-5,7-8,11-14,17-19,29H2,1-3H3,(H,30,32,35). The molecule has 8 heteroatoms. The molecule has 2 saturated carbocycles. The summed E-state index contributed by atoms with van der Waals surface area (Å²) in [6.07, 6.45) is 12.2. The molecule has 36 heavy (non-hydrogen) atoms. The van der Waals surface area contributed by atoms with Crippen LogP contribution in [0.2, 0.25) is 0 Å². The number of hydrazine groups is 1. The number of amidine groups is 1. The molecule has 0 aromatic heterocycles. The molecule has 196 valence electrons. The van der Waals surface area contributed by atoms with Crippen molar-refractivity contribution in [2.75, 3.05) is 5.01 Å². The van der Waals surface area contributed by atoms with Crippen molar-refractivity contribution < 1.29 is 9.59 Å². The molecule has 2 amide bonds. The number of hydrogen-bond acceptors (Lipinski definition) is 6. The van der Waals surface area contributed by atoms with Crippen molar-refractivity contribution in [3.63, 3.8) is 0 Å². The summed E-state index contributed by atoms with van der Waals surface area (Å²) in [5, 5.41) is 13.3. The van der Waals surface area contributed by atoms with Crippen molar-refractivity contribution in [3.05, 3.63) is 30.3 Å². The van der Waals surface area contributed by atoms with Gasteiger partial charge in [-0.15, -0.1) is 5.10 Å². The van der Waals surface area contributed by atoms with Gasteiger partial charge in [0.15, 0.2) is 5.17 Å². The Morgan fingerprint density at radius 2 is 1.75 bits per heavy atom. The summed E-state index contributed by atoms with van der Waals surface area (Å²) >= 11 is 1.27. The molecule has 1 aliphatic heterocycles. The third kappa shape index (κ3) is 5.70. The number of hydrogen-bond donors (Lipinski definition) is 2. The predicted octanol–water partition coefficient (Wildman–Crippen LogP) is 5.80. The molecule has 4 rings (SSSR count). The first-order chi connectivity index (χ1) is 17.2. The smallest absolute Gasteiger partial charge is 0.242 e. The highest BCUT2D eigenvalue weighted by Crippen LogP contribution is 2.55. The van der Waals surface area contributed by atoms with Gasteiger partial charge in [-0.3, -0.25) is 9.59 Å². The van der Waals surface area contributed by atoms with Crippen molar-refractivity contribution in [1.82, 2.24) is 5.32 Å². The van der Waals surface area contributed by atoms with Gasteiger partial charge in [-0.05, 0) is 55.6 Å². The number of nitrogens with two attached hydrogens (primary N) is 1. The van der Waals surface area contributed by atoms with E-state index in [1.165, 1.54) is 68.8 Å². The zero-order valence-corrected chi connectivity index (χ0v) is 22.8. The lowest BCUT2D eigenvalue weighted by atomic mass is 9.55. The van der Waals surface area contributed by atoms with E-state index in [4.69, 9.17) is 10.9 Å². The van der Waals surface area contributed by atoms with Gasteiger partial charge in [-0.1, -0.05) is 82.8 Å². The number of rotatable bonds is 5. The van der Waals surface area contributed by atoms with Crippen LogP contribution in [0.1, 0.15) is 91.4 Å². The second-order valence-corrected chi connectivity index (χ2v) is 12.5. The first kappa shape index (κ1) is 26.9. The van der Waals surface area contributed by atoms with Gasteiger partial charge < -0.3 is 5.32 Å². The van der Waals surface area contributed by atoms with Crippen molar-refractivity contribution in [2.45, 2.75) is 96.7 Å². The number of thioether (sulfide) groups is 1. The number of nitrogens with one attached hydrogen (secondary N) is 1. The number of benzene rings is 1. The van der Waals surface area contributed by atoms with E-state index in [1.807, 2.05) is 18.2 Å². The highest BCUT2D eigenvalue weighted by molar-refractivity contribution is 8.15. The largest absolute Gasteiger partial charge is 0.303 e. The molecular formula is C28H41N5O2S. The number of carbonyl (C=O) groups is 2. The van der Waals surface area contributed by atoms with Crippen molar-refractivity contribution >= 4 is 40.1 Å². The minimum atomic E-state index is -0.565. The Labute approximate surface area is 219 Å². The topological polar surface area (TPSA) is 100 Å². The van der Waals surface area contributed by atoms with Crippen LogP contribution in [0.15, 0.2) is 40.5 Å². The van der Waals surface area contributed by atoms with Gasteiger partial charge in [0.25, 0.3) is 0 Å². The monoisotopic (exact) mass is 511 g/mol. The molecule has 2 unspecified atom stereocenters. The molecule has 0 spiro atoms. The van der Waals surface area contributed by atoms with Gasteiger partial charge in [0, 0.05) is 17.5 Å². The Balaban J connectivity index is 1.51. The van der Waals surface area contributed by atoms with E-state index < -0.39 is 5.25 Å². The number of amides is 2. The molecule has 2 atom stereocenters. The molecule has 7 nitrogen and oxygen atoms in total. The second kappa shape index (κ2) is 11.5. The highest BCUT2D eigenvalue weighted by Gasteiger charge is 2.50. The first-order valence-corrected chi connectivity index (χ1v) is 14.4. The van der Waals surface area contributed by atoms with Crippen LogP contribution in [0.25, 0.3) is 0 Å². The number of nitrogens with zero attached hydrogens (tertiary/aromatic N) is 3. The number of anilines is 1. The third-order valence-corrected chi connectivity index (χ3v) is 9.92. The van der Waals surface area contributed by atoms with Crippen LogP contribution in [0, 0.1) is 16.7 Å². The van der Waals surface area contributed by atoms with Crippen LogP contribution in [0.5, 0.6) is 0 Å². The Morgan fingerprint density at radius 3 is 2.44 bits per heavy atom. The molecular weight excluding hydrogens is 470 g/mol.